The number of aliphatic hydroxyl groups is 1. The molecule has 0 saturated carbocycles. The van der Waals surface area contributed by atoms with E-state index in [1.807, 2.05) is 20.8 Å². The molecule has 0 spiro atoms. The topological polar surface area (TPSA) is 142 Å². The van der Waals surface area contributed by atoms with Crippen molar-refractivity contribution in [3.8, 4) is 0 Å². The molecule has 3 N–H and O–H groups in total. The van der Waals surface area contributed by atoms with Gasteiger partial charge in [-0.3, -0.25) is 14.4 Å². The fraction of sp³-hybridized carbons (Fsp3) is 0.536. The molecule has 206 valence electrons. The minimum Gasteiger partial charge on any atom is -0.460 e. The number of amides is 2. The molecule has 1 fully saturated rings. The molecule has 3 rings (SSSR count). The van der Waals surface area contributed by atoms with E-state index in [1.54, 1.807) is 31.2 Å². The fourth-order valence-corrected chi connectivity index (χ4v) is 4.76. The SMILES string of the molecule is CC1=C[C@@H](O)CC(=O)Cc2cnc([nH]2)C(=O)N2CCC[C@@H]2C(=O)O[C@H](C(C)C)[C@H](C)/C=C/C(=O)NCC=C1. The number of cyclic esters (lactones) is 1. The number of Topliss-reactive ketones (excluding diaryl/α,β-unsaturated/α-hetero) is 1. The standard InChI is InChI=1S/C28H38N4O6/c1-17(2)25-19(4)9-10-24(35)29-11-5-7-18(3)13-21(33)15-22(34)14-20-16-30-26(31-20)27(36)32-12-6-8-23(32)28(37)38-25/h5,7,9-10,13,16-17,19,21,23,25,33H,6,8,11-12,14-15H2,1-4H3,(H,29,35)(H,30,31)/b7-5?,10-9+,18-13?/t19-,21-,23-,25-/m1/s1. The van der Waals surface area contributed by atoms with Crippen molar-refractivity contribution in [1.29, 1.82) is 0 Å². The van der Waals surface area contributed by atoms with Crippen molar-refractivity contribution in [2.75, 3.05) is 13.1 Å². The first-order valence-corrected chi connectivity index (χ1v) is 13.1. The summed E-state index contributed by atoms with van der Waals surface area (Å²) in [5.41, 5.74) is 1.21. The number of H-pyrrole nitrogens is 1. The third-order valence-corrected chi connectivity index (χ3v) is 6.65. The van der Waals surface area contributed by atoms with Crippen LogP contribution >= 0.6 is 0 Å². The molecule has 2 aliphatic heterocycles. The molecular formula is C28H38N4O6. The quantitative estimate of drug-likeness (QED) is 0.477. The van der Waals surface area contributed by atoms with Gasteiger partial charge in [0, 0.05) is 43.7 Å². The molecule has 1 aromatic heterocycles. The van der Waals surface area contributed by atoms with Gasteiger partial charge in [-0.2, -0.15) is 0 Å². The monoisotopic (exact) mass is 526 g/mol. The van der Waals surface area contributed by atoms with Crippen LogP contribution < -0.4 is 5.32 Å². The third-order valence-electron chi connectivity index (χ3n) is 6.65. The van der Waals surface area contributed by atoms with Crippen LogP contribution in [0.2, 0.25) is 0 Å². The van der Waals surface area contributed by atoms with Gasteiger partial charge in [-0.1, -0.05) is 50.6 Å². The Morgan fingerprint density at radius 1 is 1.18 bits per heavy atom. The van der Waals surface area contributed by atoms with Gasteiger partial charge >= 0.3 is 5.97 Å². The zero-order valence-electron chi connectivity index (χ0n) is 22.5. The highest BCUT2D eigenvalue weighted by molar-refractivity contribution is 5.94. The van der Waals surface area contributed by atoms with Crippen LogP contribution in [0.1, 0.15) is 63.3 Å². The fourth-order valence-electron chi connectivity index (χ4n) is 4.76. The lowest BCUT2D eigenvalue weighted by atomic mass is 9.94. The van der Waals surface area contributed by atoms with E-state index < -0.39 is 30.1 Å². The van der Waals surface area contributed by atoms with Crippen LogP contribution in [0.3, 0.4) is 0 Å². The molecule has 2 bridgehead atoms. The maximum Gasteiger partial charge on any atom is 0.329 e. The number of nitrogens with zero attached hydrogens (tertiary/aromatic N) is 2. The van der Waals surface area contributed by atoms with E-state index in [0.717, 1.165) is 5.57 Å². The molecule has 10 nitrogen and oxygen atoms in total. The van der Waals surface area contributed by atoms with Crippen LogP contribution in [-0.2, 0) is 25.5 Å². The predicted octanol–water partition coefficient (Wildman–Crippen LogP) is 2.27. The lowest BCUT2D eigenvalue weighted by Gasteiger charge is -2.29. The number of nitrogens with one attached hydrogen (secondary N) is 2. The summed E-state index contributed by atoms with van der Waals surface area (Å²) in [5.74, 6) is -1.62. The van der Waals surface area contributed by atoms with Crippen molar-refractivity contribution in [3.63, 3.8) is 0 Å². The third kappa shape index (κ3) is 7.98. The summed E-state index contributed by atoms with van der Waals surface area (Å²) >= 11 is 0. The Kier molecular flexibility index (Phi) is 10.2. The van der Waals surface area contributed by atoms with Gasteiger partial charge in [-0.05, 0) is 31.8 Å². The van der Waals surface area contributed by atoms with Crippen LogP contribution in [-0.4, -0.2) is 74.9 Å². The van der Waals surface area contributed by atoms with Crippen LogP contribution in [0, 0.1) is 11.8 Å². The molecule has 0 unspecified atom stereocenters. The van der Waals surface area contributed by atoms with E-state index in [-0.39, 0.29) is 48.7 Å². The number of ether oxygens (including phenoxy) is 1. The van der Waals surface area contributed by atoms with Gasteiger partial charge in [-0.25, -0.2) is 9.78 Å². The number of aromatic nitrogens is 2. The number of hydrogen-bond acceptors (Lipinski definition) is 7. The smallest absolute Gasteiger partial charge is 0.329 e. The highest BCUT2D eigenvalue weighted by Crippen LogP contribution is 2.25. The van der Waals surface area contributed by atoms with Gasteiger partial charge < -0.3 is 25.0 Å². The second-order valence-electron chi connectivity index (χ2n) is 10.3. The summed E-state index contributed by atoms with van der Waals surface area (Å²) in [6, 6.07) is -0.739. The minimum absolute atomic E-state index is 0.0140. The Morgan fingerprint density at radius 3 is 2.68 bits per heavy atom. The number of hydrogen-bond donors (Lipinski definition) is 3. The zero-order chi connectivity index (χ0) is 27.8. The van der Waals surface area contributed by atoms with E-state index in [9.17, 15) is 24.3 Å². The van der Waals surface area contributed by atoms with Crippen molar-refractivity contribution in [3.05, 3.63) is 53.7 Å². The Hall–Kier alpha value is -3.53. The Labute approximate surface area is 223 Å². The molecule has 2 amide bonds. The first-order chi connectivity index (χ1) is 18.0. The molecule has 10 heteroatoms. The number of aliphatic hydroxyl groups excluding tert-OH is 1. The van der Waals surface area contributed by atoms with Crippen LogP contribution in [0.25, 0.3) is 0 Å². The van der Waals surface area contributed by atoms with Crippen molar-refractivity contribution < 1.29 is 29.0 Å². The molecule has 3 heterocycles. The van der Waals surface area contributed by atoms with Gasteiger partial charge in [0.25, 0.3) is 5.91 Å². The summed E-state index contributed by atoms with van der Waals surface area (Å²) in [6.07, 6.45) is 9.22. The molecule has 2 aliphatic rings. The van der Waals surface area contributed by atoms with Gasteiger partial charge in [0.05, 0.1) is 6.10 Å². The normalized spacial score (nSPS) is 27.5. The highest BCUT2D eigenvalue weighted by atomic mass is 16.5. The average Bonchev–Trinajstić information content (AvgIpc) is 3.52. The predicted molar refractivity (Wildman–Crippen MR) is 141 cm³/mol. The van der Waals surface area contributed by atoms with Crippen molar-refractivity contribution in [2.45, 2.75) is 71.6 Å². The van der Waals surface area contributed by atoms with Gasteiger partial charge in [0.1, 0.15) is 17.9 Å². The molecule has 1 saturated heterocycles. The lowest BCUT2D eigenvalue weighted by molar-refractivity contribution is -0.158. The minimum atomic E-state index is -0.970. The van der Waals surface area contributed by atoms with Crippen LogP contribution in [0.4, 0.5) is 0 Å². The Bertz CT molecular complexity index is 1120. The number of aromatic amines is 1. The maximum absolute atomic E-state index is 13.2. The van der Waals surface area contributed by atoms with E-state index in [4.69, 9.17) is 4.74 Å². The number of rotatable bonds is 1. The van der Waals surface area contributed by atoms with Crippen molar-refractivity contribution >= 4 is 23.6 Å². The second-order valence-corrected chi connectivity index (χ2v) is 10.3. The van der Waals surface area contributed by atoms with Gasteiger partial charge in [0.2, 0.25) is 5.91 Å². The number of allylic oxidation sites excluding steroid dienone is 2. The molecule has 0 aliphatic carbocycles. The Morgan fingerprint density at radius 2 is 1.95 bits per heavy atom. The van der Waals surface area contributed by atoms with Gasteiger partial charge in [-0.15, -0.1) is 0 Å². The summed E-state index contributed by atoms with van der Waals surface area (Å²) in [5, 5.41) is 13.0. The average molecular weight is 527 g/mol. The molecule has 0 radical (unpaired) electrons. The molecule has 0 aromatic carbocycles. The second kappa shape index (κ2) is 13.3. The number of carbonyl (C=O) groups excluding carboxylic acids is 4. The summed E-state index contributed by atoms with van der Waals surface area (Å²) < 4.78 is 5.89. The summed E-state index contributed by atoms with van der Waals surface area (Å²) in [6.45, 7) is 8.23. The number of esters is 1. The van der Waals surface area contributed by atoms with Crippen molar-refractivity contribution in [1.82, 2.24) is 20.2 Å². The first-order valence-electron chi connectivity index (χ1n) is 13.1. The summed E-state index contributed by atoms with van der Waals surface area (Å²) in [7, 11) is 0. The number of carbonyl (C=O) groups is 4. The van der Waals surface area contributed by atoms with Gasteiger partial charge in [0.15, 0.2) is 5.82 Å². The van der Waals surface area contributed by atoms with Crippen LogP contribution in [0.15, 0.2) is 42.2 Å². The lowest BCUT2D eigenvalue weighted by Crippen LogP contribution is -2.44. The molecular weight excluding hydrogens is 488 g/mol. The van der Waals surface area contributed by atoms with E-state index >= 15 is 0 Å². The van der Waals surface area contributed by atoms with Crippen molar-refractivity contribution in [2.24, 2.45) is 11.8 Å². The Balaban J connectivity index is 1.85. The molecule has 4 atom stereocenters. The number of ketones is 1. The number of imidazole rings is 1. The zero-order valence-corrected chi connectivity index (χ0v) is 22.5. The van der Waals surface area contributed by atoms with E-state index in [0.29, 0.717) is 25.1 Å². The summed E-state index contributed by atoms with van der Waals surface area (Å²) in [4.78, 5) is 59.6. The molecule has 1 aromatic rings. The largest absolute Gasteiger partial charge is 0.460 e. The maximum atomic E-state index is 13.2. The highest BCUT2D eigenvalue weighted by Gasteiger charge is 2.38. The van der Waals surface area contributed by atoms with E-state index in [1.165, 1.54) is 17.2 Å². The number of fused-ring (bicyclic) bond motifs is 3. The molecule has 38 heavy (non-hydrogen) atoms. The van der Waals surface area contributed by atoms with Crippen LogP contribution in [0.5, 0.6) is 0 Å². The first kappa shape index (κ1) is 29.0. The van der Waals surface area contributed by atoms with E-state index in [2.05, 4.69) is 15.3 Å².